The van der Waals surface area contributed by atoms with Crippen LogP contribution >= 0.6 is 0 Å². The Labute approximate surface area is 88.0 Å². The van der Waals surface area contributed by atoms with Crippen LogP contribution in [0.1, 0.15) is 5.56 Å². The second-order valence-electron chi connectivity index (χ2n) is 2.90. The highest BCUT2D eigenvalue weighted by molar-refractivity contribution is 6.59. The van der Waals surface area contributed by atoms with Crippen LogP contribution in [0.4, 0.5) is 0 Å². The fourth-order valence-electron chi connectivity index (χ4n) is 1.41. The Bertz CT molecular complexity index is 340. The third kappa shape index (κ3) is 2.23. The summed E-state index contributed by atoms with van der Waals surface area (Å²) in [5.41, 5.74) is 0.591. The van der Waals surface area contributed by atoms with Gasteiger partial charge in [-0.15, -0.1) is 0 Å². The van der Waals surface area contributed by atoms with Crippen molar-refractivity contribution in [3.8, 4) is 11.5 Å². The lowest BCUT2D eigenvalue weighted by Gasteiger charge is -2.14. The van der Waals surface area contributed by atoms with Crippen molar-refractivity contribution in [3.05, 3.63) is 17.7 Å². The molecule has 0 aliphatic heterocycles. The fourth-order valence-corrected chi connectivity index (χ4v) is 1.41. The molecule has 0 radical (unpaired) electrons. The van der Waals surface area contributed by atoms with Crippen molar-refractivity contribution in [1.29, 1.82) is 0 Å². The van der Waals surface area contributed by atoms with Gasteiger partial charge in [-0.3, -0.25) is 0 Å². The van der Waals surface area contributed by atoms with E-state index in [9.17, 15) is 0 Å². The minimum Gasteiger partial charge on any atom is -0.497 e. The van der Waals surface area contributed by atoms with E-state index in [1.165, 1.54) is 20.3 Å². The van der Waals surface area contributed by atoms with Gasteiger partial charge in [0.2, 0.25) is 0 Å². The highest BCUT2D eigenvalue weighted by atomic mass is 16.5. The van der Waals surface area contributed by atoms with E-state index in [4.69, 9.17) is 24.6 Å². The number of aliphatic hydroxyl groups is 1. The first-order valence-corrected chi connectivity index (χ1v) is 4.36. The van der Waals surface area contributed by atoms with E-state index in [2.05, 4.69) is 0 Å². The molecule has 1 aromatic rings. The minimum atomic E-state index is -1.64. The van der Waals surface area contributed by atoms with Gasteiger partial charge in [0.25, 0.3) is 0 Å². The summed E-state index contributed by atoms with van der Waals surface area (Å²) in [6.45, 7) is -0.299. The van der Waals surface area contributed by atoms with Gasteiger partial charge in [0.15, 0.2) is 0 Å². The normalized spacial score (nSPS) is 9.93. The summed E-state index contributed by atoms with van der Waals surface area (Å²) in [6, 6.07) is 3.02. The molecule has 0 heterocycles. The largest absolute Gasteiger partial charge is 0.497 e. The van der Waals surface area contributed by atoms with E-state index in [1.807, 2.05) is 0 Å². The molecule has 1 rings (SSSR count). The number of ether oxygens (including phenoxy) is 2. The summed E-state index contributed by atoms with van der Waals surface area (Å²) in [5.74, 6) is 0.672. The number of benzene rings is 1. The number of aliphatic hydroxyl groups excluding tert-OH is 1. The van der Waals surface area contributed by atoms with Crippen LogP contribution in [-0.2, 0) is 6.61 Å². The van der Waals surface area contributed by atoms with Gasteiger partial charge in [0.05, 0.1) is 26.4 Å². The molecule has 5 nitrogen and oxygen atoms in total. The first kappa shape index (κ1) is 11.8. The molecule has 82 valence electrons. The molecule has 0 saturated heterocycles. The Morgan fingerprint density at radius 2 is 1.87 bits per heavy atom. The molecule has 0 atom stereocenters. The van der Waals surface area contributed by atoms with Crippen LogP contribution in [-0.4, -0.2) is 36.5 Å². The van der Waals surface area contributed by atoms with E-state index in [0.717, 1.165) is 0 Å². The van der Waals surface area contributed by atoms with Gasteiger partial charge in [-0.05, 0) is 6.07 Å². The Hall–Kier alpha value is -1.24. The van der Waals surface area contributed by atoms with Crippen LogP contribution in [0.5, 0.6) is 11.5 Å². The minimum absolute atomic E-state index is 0.197. The van der Waals surface area contributed by atoms with E-state index in [-0.39, 0.29) is 17.8 Å². The van der Waals surface area contributed by atoms with Crippen LogP contribution < -0.4 is 14.9 Å². The molecule has 0 bridgehead atoms. The van der Waals surface area contributed by atoms with Crippen molar-refractivity contribution in [3.63, 3.8) is 0 Å². The summed E-state index contributed by atoms with van der Waals surface area (Å²) in [4.78, 5) is 0. The summed E-state index contributed by atoms with van der Waals surface area (Å²) < 4.78 is 10.0. The number of methoxy groups -OCH3 is 2. The second-order valence-corrected chi connectivity index (χ2v) is 2.90. The van der Waals surface area contributed by atoms with Gasteiger partial charge in [-0.1, -0.05) is 6.07 Å². The first-order chi connectivity index (χ1) is 7.15. The van der Waals surface area contributed by atoms with Crippen molar-refractivity contribution in [2.45, 2.75) is 6.61 Å². The van der Waals surface area contributed by atoms with Crippen molar-refractivity contribution in [1.82, 2.24) is 0 Å². The molecule has 6 heteroatoms. The smallest absolute Gasteiger partial charge is 0.492 e. The first-order valence-electron chi connectivity index (χ1n) is 4.36. The van der Waals surface area contributed by atoms with E-state index >= 15 is 0 Å². The molecule has 1 aromatic carbocycles. The van der Waals surface area contributed by atoms with Crippen molar-refractivity contribution < 1.29 is 24.6 Å². The summed E-state index contributed by atoms with van der Waals surface area (Å²) in [5, 5.41) is 27.3. The van der Waals surface area contributed by atoms with E-state index in [0.29, 0.717) is 11.3 Å². The standard InChI is InChI=1S/C9H13BO5/c1-14-8-4-3-7(10(12)13)9(15-2)6(8)5-11/h3-4,11-13H,5H2,1-2H3. The summed E-state index contributed by atoms with van der Waals surface area (Å²) >= 11 is 0. The molecule has 0 aliphatic carbocycles. The number of hydrogen-bond donors (Lipinski definition) is 3. The lowest BCUT2D eigenvalue weighted by molar-refractivity contribution is 0.265. The zero-order valence-electron chi connectivity index (χ0n) is 8.60. The maximum absolute atomic E-state index is 9.14. The molecule has 0 fully saturated rings. The number of rotatable bonds is 4. The highest BCUT2D eigenvalue weighted by Gasteiger charge is 2.21. The third-order valence-electron chi connectivity index (χ3n) is 2.11. The molecule has 0 saturated carbocycles. The van der Waals surface area contributed by atoms with Gasteiger partial charge in [0, 0.05) is 5.46 Å². The topological polar surface area (TPSA) is 79.2 Å². The molecule has 3 N–H and O–H groups in total. The molecule has 0 spiro atoms. The Morgan fingerprint density at radius 1 is 1.20 bits per heavy atom. The average molecular weight is 212 g/mol. The van der Waals surface area contributed by atoms with Crippen molar-refractivity contribution in [2.75, 3.05) is 14.2 Å². The average Bonchev–Trinajstić information content (AvgIpc) is 2.26. The Morgan fingerprint density at radius 3 is 2.27 bits per heavy atom. The lowest BCUT2D eigenvalue weighted by Crippen LogP contribution is -2.32. The Kier molecular flexibility index (Phi) is 3.96. The molecule has 0 aromatic heterocycles. The van der Waals surface area contributed by atoms with Crippen LogP contribution in [0.2, 0.25) is 0 Å². The predicted octanol–water partition coefficient (Wildman–Crippen LogP) is -1.12. The van der Waals surface area contributed by atoms with Crippen LogP contribution in [0.25, 0.3) is 0 Å². The molecular formula is C9H13BO5. The molecule has 0 amide bonds. The second kappa shape index (κ2) is 5.02. The van der Waals surface area contributed by atoms with E-state index in [1.54, 1.807) is 6.07 Å². The number of hydrogen-bond acceptors (Lipinski definition) is 5. The van der Waals surface area contributed by atoms with Gasteiger partial charge in [-0.25, -0.2) is 0 Å². The molecule has 15 heavy (non-hydrogen) atoms. The fraction of sp³-hybridized carbons (Fsp3) is 0.333. The van der Waals surface area contributed by atoms with Crippen LogP contribution in [0, 0.1) is 0 Å². The SMILES string of the molecule is COc1ccc(B(O)O)c(OC)c1CO. The molecular weight excluding hydrogens is 199 g/mol. The summed E-state index contributed by atoms with van der Waals surface area (Å²) in [6.07, 6.45) is 0. The maximum atomic E-state index is 9.14. The lowest BCUT2D eigenvalue weighted by atomic mass is 9.78. The third-order valence-corrected chi connectivity index (χ3v) is 2.11. The van der Waals surface area contributed by atoms with Crippen molar-refractivity contribution >= 4 is 12.6 Å². The van der Waals surface area contributed by atoms with Crippen molar-refractivity contribution in [2.24, 2.45) is 0 Å². The molecule has 0 unspecified atom stereocenters. The zero-order valence-corrected chi connectivity index (χ0v) is 8.60. The Balaban J connectivity index is 3.34. The molecule has 0 aliphatic rings. The van der Waals surface area contributed by atoms with Gasteiger partial charge in [-0.2, -0.15) is 0 Å². The monoisotopic (exact) mass is 212 g/mol. The summed E-state index contributed by atoms with van der Waals surface area (Å²) in [7, 11) is 1.21. The van der Waals surface area contributed by atoms with Gasteiger partial charge < -0.3 is 24.6 Å². The van der Waals surface area contributed by atoms with Gasteiger partial charge >= 0.3 is 7.12 Å². The zero-order chi connectivity index (χ0) is 11.4. The highest BCUT2D eigenvalue weighted by Crippen LogP contribution is 2.26. The van der Waals surface area contributed by atoms with Crippen LogP contribution in [0.15, 0.2) is 12.1 Å². The van der Waals surface area contributed by atoms with E-state index < -0.39 is 7.12 Å². The van der Waals surface area contributed by atoms with Gasteiger partial charge in [0.1, 0.15) is 11.5 Å². The maximum Gasteiger partial charge on any atom is 0.492 e. The van der Waals surface area contributed by atoms with Crippen LogP contribution in [0.3, 0.4) is 0 Å². The predicted molar refractivity (Wildman–Crippen MR) is 55.3 cm³/mol. The quantitative estimate of drug-likeness (QED) is 0.550.